The van der Waals surface area contributed by atoms with Gasteiger partial charge in [0.1, 0.15) is 16.6 Å². The number of amides is 1. The Balaban J connectivity index is 1.90. The SMILES string of the molecule is COc1ccc2c(c1)cc(C(=O)N(C)Cc1cccnc1Cl)n2C. The Hall–Kier alpha value is -2.53. The van der Waals surface area contributed by atoms with Gasteiger partial charge < -0.3 is 14.2 Å². The Bertz CT molecular complexity index is 904. The molecule has 0 bridgehead atoms. The van der Waals surface area contributed by atoms with E-state index < -0.39 is 0 Å². The fourth-order valence-electron chi connectivity index (χ4n) is 2.72. The molecule has 0 fully saturated rings. The molecule has 0 N–H and O–H groups in total. The van der Waals surface area contributed by atoms with Crippen LogP contribution in [0.3, 0.4) is 0 Å². The van der Waals surface area contributed by atoms with Crippen molar-refractivity contribution in [2.24, 2.45) is 7.05 Å². The molecule has 0 spiro atoms. The number of aromatic nitrogens is 2. The van der Waals surface area contributed by atoms with Crippen LogP contribution >= 0.6 is 11.6 Å². The molecule has 6 heteroatoms. The molecule has 3 rings (SSSR count). The van der Waals surface area contributed by atoms with Gasteiger partial charge in [-0.25, -0.2) is 4.98 Å². The highest BCUT2D eigenvalue weighted by molar-refractivity contribution is 6.30. The van der Waals surface area contributed by atoms with E-state index in [4.69, 9.17) is 16.3 Å². The summed E-state index contributed by atoms with van der Waals surface area (Å²) in [5.74, 6) is 0.690. The molecule has 0 atom stereocenters. The van der Waals surface area contributed by atoms with Gasteiger partial charge in [-0.3, -0.25) is 4.79 Å². The van der Waals surface area contributed by atoms with E-state index in [-0.39, 0.29) is 5.91 Å². The Labute approximate surface area is 145 Å². The lowest BCUT2D eigenvalue weighted by Crippen LogP contribution is -2.28. The topological polar surface area (TPSA) is 47.4 Å². The van der Waals surface area contributed by atoms with Crippen LogP contribution in [-0.2, 0) is 13.6 Å². The lowest BCUT2D eigenvalue weighted by Gasteiger charge is -2.18. The van der Waals surface area contributed by atoms with Gasteiger partial charge >= 0.3 is 0 Å². The highest BCUT2D eigenvalue weighted by Gasteiger charge is 2.18. The van der Waals surface area contributed by atoms with Crippen molar-refractivity contribution in [3.8, 4) is 5.75 Å². The van der Waals surface area contributed by atoms with Crippen LogP contribution in [0.1, 0.15) is 16.1 Å². The predicted octanol–water partition coefficient (Wildman–Crippen LogP) is 3.51. The van der Waals surface area contributed by atoms with E-state index in [1.807, 2.05) is 48.0 Å². The summed E-state index contributed by atoms with van der Waals surface area (Å²) in [6.07, 6.45) is 1.63. The summed E-state index contributed by atoms with van der Waals surface area (Å²) in [4.78, 5) is 18.5. The van der Waals surface area contributed by atoms with E-state index in [9.17, 15) is 4.79 Å². The van der Waals surface area contributed by atoms with Crippen LogP contribution in [-0.4, -0.2) is 34.5 Å². The Morgan fingerprint density at radius 3 is 2.83 bits per heavy atom. The van der Waals surface area contributed by atoms with Gasteiger partial charge in [0, 0.05) is 43.3 Å². The minimum atomic E-state index is -0.0763. The Kier molecular flexibility index (Phi) is 4.44. The van der Waals surface area contributed by atoms with Crippen LogP contribution in [0.5, 0.6) is 5.75 Å². The van der Waals surface area contributed by atoms with E-state index in [1.54, 1.807) is 25.3 Å². The zero-order valence-electron chi connectivity index (χ0n) is 13.8. The van der Waals surface area contributed by atoms with E-state index in [0.29, 0.717) is 17.4 Å². The molecule has 1 aromatic carbocycles. The monoisotopic (exact) mass is 343 g/mol. The Morgan fingerprint density at radius 2 is 2.12 bits per heavy atom. The number of pyridine rings is 1. The van der Waals surface area contributed by atoms with Gasteiger partial charge in [-0.05, 0) is 30.3 Å². The molecule has 2 aromatic heterocycles. The quantitative estimate of drug-likeness (QED) is 0.681. The number of benzene rings is 1. The van der Waals surface area contributed by atoms with Crippen molar-refractivity contribution in [2.45, 2.75) is 6.54 Å². The standard InChI is InChI=1S/C18H18ClN3O2/c1-21(11-12-5-4-8-20-17(12)19)18(23)16-10-13-9-14(24-3)6-7-15(13)22(16)2/h4-10H,11H2,1-3H3. The van der Waals surface area contributed by atoms with Crippen LogP contribution < -0.4 is 4.74 Å². The fourth-order valence-corrected chi connectivity index (χ4v) is 2.90. The summed E-state index contributed by atoms with van der Waals surface area (Å²) in [7, 11) is 5.26. The van der Waals surface area contributed by atoms with Gasteiger partial charge in [0.05, 0.1) is 7.11 Å². The first-order chi connectivity index (χ1) is 11.5. The highest BCUT2D eigenvalue weighted by atomic mass is 35.5. The average Bonchev–Trinajstić information content (AvgIpc) is 2.92. The second kappa shape index (κ2) is 6.53. The number of ether oxygens (including phenoxy) is 1. The number of rotatable bonds is 4. The van der Waals surface area contributed by atoms with Crippen molar-refractivity contribution in [3.63, 3.8) is 0 Å². The number of halogens is 1. The van der Waals surface area contributed by atoms with Crippen LogP contribution in [0.15, 0.2) is 42.6 Å². The van der Waals surface area contributed by atoms with Crippen molar-refractivity contribution in [3.05, 3.63) is 59.0 Å². The van der Waals surface area contributed by atoms with Gasteiger partial charge in [-0.1, -0.05) is 17.7 Å². The number of hydrogen-bond acceptors (Lipinski definition) is 3. The van der Waals surface area contributed by atoms with E-state index in [0.717, 1.165) is 22.2 Å². The van der Waals surface area contributed by atoms with Crippen LogP contribution in [0.25, 0.3) is 10.9 Å². The third-order valence-corrected chi connectivity index (χ3v) is 4.40. The molecule has 0 aliphatic heterocycles. The van der Waals surface area contributed by atoms with E-state index >= 15 is 0 Å². The second-order valence-electron chi connectivity index (χ2n) is 5.63. The van der Waals surface area contributed by atoms with Crippen LogP contribution in [0.4, 0.5) is 0 Å². The second-order valence-corrected chi connectivity index (χ2v) is 5.99. The molecule has 24 heavy (non-hydrogen) atoms. The number of carbonyl (C=O) groups is 1. The molecule has 2 heterocycles. The molecular weight excluding hydrogens is 326 g/mol. The first-order valence-electron chi connectivity index (χ1n) is 7.49. The van der Waals surface area contributed by atoms with E-state index in [1.165, 1.54) is 0 Å². The summed E-state index contributed by atoms with van der Waals surface area (Å²) in [5, 5.41) is 1.38. The molecular formula is C18H18ClN3O2. The van der Waals surface area contributed by atoms with Crippen molar-refractivity contribution >= 4 is 28.4 Å². The number of aryl methyl sites for hydroxylation is 1. The normalized spacial score (nSPS) is 10.8. The lowest BCUT2D eigenvalue weighted by atomic mass is 10.2. The maximum absolute atomic E-state index is 12.8. The number of carbonyl (C=O) groups excluding carboxylic acids is 1. The molecule has 124 valence electrons. The number of nitrogens with zero attached hydrogens (tertiary/aromatic N) is 3. The number of fused-ring (bicyclic) bond motifs is 1. The molecule has 0 unspecified atom stereocenters. The van der Waals surface area contributed by atoms with Gasteiger partial charge in [0.15, 0.2) is 0 Å². The summed E-state index contributed by atoms with van der Waals surface area (Å²) >= 11 is 6.08. The largest absolute Gasteiger partial charge is 0.497 e. The zero-order valence-corrected chi connectivity index (χ0v) is 14.5. The Morgan fingerprint density at radius 1 is 1.33 bits per heavy atom. The molecule has 0 saturated heterocycles. The van der Waals surface area contributed by atoms with Gasteiger partial charge in [0.25, 0.3) is 5.91 Å². The molecule has 0 aliphatic carbocycles. The van der Waals surface area contributed by atoms with Crippen molar-refractivity contribution in [1.82, 2.24) is 14.5 Å². The minimum absolute atomic E-state index is 0.0763. The molecule has 1 amide bonds. The first-order valence-corrected chi connectivity index (χ1v) is 7.87. The third kappa shape index (κ3) is 2.95. The van der Waals surface area contributed by atoms with E-state index in [2.05, 4.69) is 4.98 Å². The summed E-state index contributed by atoms with van der Waals surface area (Å²) < 4.78 is 7.13. The number of methoxy groups -OCH3 is 1. The van der Waals surface area contributed by atoms with Gasteiger partial charge in [-0.2, -0.15) is 0 Å². The van der Waals surface area contributed by atoms with Crippen molar-refractivity contribution in [1.29, 1.82) is 0 Å². The first kappa shape index (κ1) is 16.3. The summed E-state index contributed by atoms with van der Waals surface area (Å²) in [5.41, 5.74) is 2.41. The summed E-state index contributed by atoms with van der Waals surface area (Å²) in [6.45, 7) is 0.399. The van der Waals surface area contributed by atoms with Gasteiger partial charge in [0.2, 0.25) is 0 Å². The smallest absolute Gasteiger partial charge is 0.270 e. The fraction of sp³-hybridized carbons (Fsp3) is 0.222. The predicted molar refractivity (Wildman–Crippen MR) is 94.5 cm³/mol. The minimum Gasteiger partial charge on any atom is -0.497 e. The molecule has 5 nitrogen and oxygen atoms in total. The molecule has 3 aromatic rings. The van der Waals surface area contributed by atoms with Crippen molar-refractivity contribution in [2.75, 3.05) is 14.2 Å². The van der Waals surface area contributed by atoms with Crippen LogP contribution in [0.2, 0.25) is 5.15 Å². The average molecular weight is 344 g/mol. The van der Waals surface area contributed by atoms with Crippen molar-refractivity contribution < 1.29 is 9.53 Å². The maximum atomic E-state index is 12.8. The molecule has 0 radical (unpaired) electrons. The van der Waals surface area contributed by atoms with Gasteiger partial charge in [-0.15, -0.1) is 0 Å². The highest BCUT2D eigenvalue weighted by Crippen LogP contribution is 2.25. The lowest BCUT2D eigenvalue weighted by molar-refractivity contribution is 0.0776. The molecule has 0 saturated carbocycles. The number of hydrogen-bond donors (Lipinski definition) is 0. The maximum Gasteiger partial charge on any atom is 0.270 e. The van der Waals surface area contributed by atoms with Crippen LogP contribution in [0, 0.1) is 0 Å². The zero-order chi connectivity index (χ0) is 17.3. The third-order valence-electron chi connectivity index (χ3n) is 4.06. The summed E-state index contributed by atoms with van der Waals surface area (Å²) in [6, 6.07) is 11.3. The molecule has 0 aliphatic rings.